The van der Waals surface area contributed by atoms with Crippen LogP contribution < -0.4 is 25.4 Å². The number of amides is 3. The van der Waals surface area contributed by atoms with E-state index in [1.165, 1.54) is 32.4 Å². The number of carbonyl (C=O) groups is 3. The Balaban J connectivity index is 1.41. The van der Waals surface area contributed by atoms with Gasteiger partial charge in [0.15, 0.2) is 0 Å². The van der Waals surface area contributed by atoms with Gasteiger partial charge in [0.25, 0.3) is 11.8 Å². The summed E-state index contributed by atoms with van der Waals surface area (Å²) in [6.45, 7) is 0. The second kappa shape index (κ2) is 16.6. The number of alkyl halides is 3. The van der Waals surface area contributed by atoms with Crippen LogP contribution in [0.3, 0.4) is 0 Å². The molecule has 0 spiro atoms. The fourth-order valence-electron chi connectivity index (χ4n) is 4.91. The quantitative estimate of drug-likeness (QED) is 0.0885. The van der Waals surface area contributed by atoms with Crippen molar-refractivity contribution in [3.05, 3.63) is 155 Å². The minimum absolute atomic E-state index is 0.00176. The summed E-state index contributed by atoms with van der Waals surface area (Å²) in [6.07, 6.45) is -3.10. The van der Waals surface area contributed by atoms with Crippen molar-refractivity contribution in [2.24, 2.45) is 0 Å². The summed E-state index contributed by atoms with van der Waals surface area (Å²) in [7, 11) is 2.98. The first kappa shape index (κ1) is 36.3. The van der Waals surface area contributed by atoms with Gasteiger partial charge in [0.2, 0.25) is 5.91 Å². The van der Waals surface area contributed by atoms with E-state index in [0.29, 0.717) is 38.8 Å². The van der Waals surface area contributed by atoms with E-state index in [2.05, 4.69) is 16.0 Å². The van der Waals surface area contributed by atoms with E-state index in [-0.39, 0.29) is 11.4 Å². The molecule has 12 heteroatoms. The molecule has 1 atom stereocenters. The highest BCUT2D eigenvalue weighted by molar-refractivity contribution is 8.00. The van der Waals surface area contributed by atoms with E-state index < -0.39 is 34.7 Å². The summed E-state index contributed by atoms with van der Waals surface area (Å²) in [6, 6.07) is 33.4. The van der Waals surface area contributed by atoms with Gasteiger partial charge in [0.05, 0.1) is 19.8 Å². The summed E-state index contributed by atoms with van der Waals surface area (Å²) in [5, 5.41) is 7.25. The summed E-state index contributed by atoms with van der Waals surface area (Å²) >= 11 is 1.15. The number of anilines is 2. The van der Waals surface area contributed by atoms with Gasteiger partial charge in [-0.05, 0) is 78.4 Å². The summed E-state index contributed by atoms with van der Waals surface area (Å²) in [4.78, 5) is 41.1. The first-order valence-corrected chi connectivity index (χ1v) is 16.3. The van der Waals surface area contributed by atoms with Crippen molar-refractivity contribution in [2.45, 2.75) is 16.3 Å². The molecule has 3 N–H and O–H groups in total. The van der Waals surface area contributed by atoms with E-state index in [1.54, 1.807) is 103 Å². The maximum atomic E-state index is 13.8. The molecule has 0 aliphatic carbocycles. The van der Waals surface area contributed by atoms with E-state index >= 15 is 0 Å². The Kier molecular flexibility index (Phi) is 11.8. The number of rotatable bonds is 12. The number of hydrogen-bond donors (Lipinski definition) is 3. The highest BCUT2D eigenvalue weighted by Gasteiger charge is 2.31. The minimum atomic E-state index is -4.57. The average Bonchev–Trinajstić information content (AvgIpc) is 3.14. The van der Waals surface area contributed by atoms with Gasteiger partial charge in [-0.3, -0.25) is 14.4 Å². The summed E-state index contributed by atoms with van der Waals surface area (Å²) < 4.78 is 50.8. The largest absolute Gasteiger partial charge is 0.497 e. The monoisotopic (exact) mass is 711 g/mol. The van der Waals surface area contributed by atoms with Crippen LogP contribution in [0.25, 0.3) is 6.08 Å². The second-order valence-corrected chi connectivity index (χ2v) is 12.1. The number of hydrogen-bond acceptors (Lipinski definition) is 6. The fraction of sp³-hybridized carbons (Fsp3) is 0.103. The Bertz CT molecular complexity index is 2040. The van der Waals surface area contributed by atoms with E-state index in [9.17, 15) is 27.6 Å². The van der Waals surface area contributed by atoms with Gasteiger partial charge in [0, 0.05) is 27.4 Å². The Morgan fingerprint density at radius 1 is 0.725 bits per heavy atom. The molecule has 0 heterocycles. The van der Waals surface area contributed by atoms with Crippen molar-refractivity contribution in [3.63, 3.8) is 0 Å². The molecule has 0 saturated heterocycles. The zero-order valence-corrected chi connectivity index (χ0v) is 28.2. The normalized spacial score (nSPS) is 12.0. The number of thioether (sulfide) groups is 1. The molecule has 0 fully saturated rings. The SMILES string of the molecule is COc1ccc(OC)c(/C=C(/NC(=O)c2ccccc2)C(=O)Nc2cccc(SC(C(=O)Nc3cccc(C(F)(F)F)c3)c3ccccc3)c2)c1. The van der Waals surface area contributed by atoms with Crippen LogP contribution in [0.5, 0.6) is 11.5 Å². The number of methoxy groups -OCH3 is 2. The van der Waals surface area contributed by atoms with Crippen LogP contribution in [-0.4, -0.2) is 31.9 Å². The van der Waals surface area contributed by atoms with Gasteiger partial charge in [-0.25, -0.2) is 0 Å². The van der Waals surface area contributed by atoms with E-state index in [0.717, 1.165) is 23.9 Å². The molecule has 260 valence electrons. The number of benzene rings is 5. The first-order valence-electron chi connectivity index (χ1n) is 15.5. The number of carbonyl (C=O) groups excluding carboxylic acids is 3. The molecular weight excluding hydrogens is 680 g/mol. The van der Waals surface area contributed by atoms with Gasteiger partial charge in [-0.1, -0.05) is 60.7 Å². The molecule has 3 amide bonds. The topological polar surface area (TPSA) is 106 Å². The van der Waals surface area contributed by atoms with Gasteiger partial charge >= 0.3 is 6.18 Å². The first-order chi connectivity index (χ1) is 24.5. The van der Waals surface area contributed by atoms with Crippen LogP contribution in [0.15, 0.2) is 138 Å². The summed E-state index contributed by atoms with van der Waals surface area (Å²) in [5.74, 6) is -0.760. The fourth-order valence-corrected chi connectivity index (χ4v) is 6.00. The molecule has 0 aromatic heterocycles. The molecular formula is C39H32F3N3O5S. The number of nitrogens with one attached hydrogen (secondary N) is 3. The zero-order valence-electron chi connectivity index (χ0n) is 27.4. The molecule has 5 rings (SSSR count). The molecule has 0 aliphatic heterocycles. The lowest BCUT2D eigenvalue weighted by molar-refractivity contribution is -0.137. The van der Waals surface area contributed by atoms with Crippen LogP contribution in [0.2, 0.25) is 0 Å². The summed E-state index contributed by atoms with van der Waals surface area (Å²) in [5.41, 5.74) is 0.804. The second-order valence-electron chi connectivity index (χ2n) is 10.9. The maximum absolute atomic E-state index is 13.8. The van der Waals surface area contributed by atoms with Crippen LogP contribution >= 0.6 is 11.8 Å². The van der Waals surface area contributed by atoms with Gasteiger partial charge in [0.1, 0.15) is 22.4 Å². The van der Waals surface area contributed by atoms with Gasteiger partial charge in [-0.15, -0.1) is 11.8 Å². The standard InChI is InChI=1S/C39H32F3N3O5S/c1-49-31-19-20-34(50-2)27(21-31)22-33(45-36(46)26-13-7-4-8-14-26)37(47)43-30-17-10-18-32(24-30)51-35(25-11-5-3-6-12-25)38(48)44-29-16-9-15-28(23-29)39(40,41)42/h3-24,35H,1-2H3,(H,43,47)(H,44,48)(H,45,46)/b33-22+. The maximum Gasteiger partial charge on any atom is 0.416 e. The van der Waals surface area contributed by atoms with Crippen LogP contribution in [0, 0.1) is 0 Å². The Labute approximate surface area is 296 Å². The van der Waals surface area contributed by atoms with Crippen molar-refractivity contribution in [1.29, 1.82) is 0 Å². The predicted molar refractivity (Wildman–Crippen MR) is 192 cm³/mol. The molecule has 0 radical (unpaired) electrons. The molecule has 0 saturated carbocycles. The van der Waals surface area contributed by atoms with E-state index in [4.69, 9.17) is 9.47 Å². The van der Waals surface area contributed by atoms with E-state index in [1.807, 2.05) is 0 Å². The minimum Gasteiger partial charge on any atom is -0.497 e. The molecule has 0 bridgehead atoms. The third-order valence-corrected chi connectivity index (χ3v) is 8.66. The van der Waals surface area contributed by atoms with Gasteiger partial charge in [-0.2, -0.15) is 13.2 Å². The predicted octanol–water partition coefficient (Wildman–Crippen LogP) is 8.60. The Morgan fingerprint density at radius 3 is 2.06 bits per heavy atom. The molecule has 5 aromatic carbocycles. The van der Waals surface area contributed by atoms with Crippen molar-refractivity contribution >= 4 is 46.9 Å². The van der Waals surface area contributed by atoms with Crippen LogP contribution in [0.1, 0.15) is 32.3 Å². The smallest absolute Gasteiger partial charge is 0.416 e. The molecule has 0 aliphatic rings. The Hall–Kier alpha value is -6.01. The van der Waals surface area contributed by atoms with Crippen molar-refractivity contribution in [2.75, 3.05) is 24.9 Å². The molecule has 5 aromatic rings. The molecule has 8 nitrogen and oxygen atoms in total. The zero-order chi connectivity index (χ0) is 36.4. The van der Waals surface area contributed by atoms with Crippen LogP contribution in [-0.2, 0) is 15.8 Å². The third kappa shape index (κ3) is 9.79. The van der Waals surface area contributed by atoms with Crippen molar-refractivity contribution in [1.82, 2.24) is 5.32 Å². The van der Waals surface area contributed by atoms with Crippen molar-refractivity contribution < 1.29 is 37.0 Å². The number of halogens is 3. The molecule has 51 heavy (non-hydrogen) atoms. The van der Waals surface area contributed by atoms with Crippen LogP contribution in [0.4, 0.5) is 24.5 Å². The van der Waals surface area contributed by atoms with Gasteiger partial charge < -0.3 is 25.4 Å². The number of ether oxygens (including phenoxy) is 2. The van der Waals surface area contributed by atoms with Crippen molar-refractivity contribution in [3.8, 4) is 11.5 Å². The lowest BCUT2D eigenvalue weighted by Crippen LogP contribution is -2.30. The molecule has 1 unspecified atom stereocenters. The Morgan fingerprint density at radius 2 is 1.39 bits per heavy atom. The highest BCUT2D eigenvalue weighted by Crippen LogP contribution is 2.38. The average molecular weight is 712 g/mol. The lowest BCUT2D eigenvalue weighted by atomic mass is 10.1. The highest BCUT2D eigenvalue weighted by atomic mass is 32.2. The third-order valence-electron chi connectivity index (χ3n) is 7.41. The lowest BCUT2D eigenvalue weighted by Gasteiger charge is -2.18.